The Morgan fingerprint density at radius 1 is 1.31 bits per heavy atom. The van der Waals surface area contributed by atoms with Gasteiger partial charge in [-0.05, 0) is 6.42 Å². The molecule has 0 aliphatic heterocycles. The third kappa shape index (κ3) is 1.53. The van der Waals surface area contributed by atoms with Crippen molar-refractivity contribution in [2.75, 3.05) is 0 Å². The van der Waals surface area contributed by atoms with E-state index < -0.39 is 0 Å². The molecule has 0 spiro atoms. The molecule has 2 aromatic rings. The molecule has 0 aliphatic rings. The third-order valence-electron chi connectivity index (χ3n) is 1.69. The lowest BCUT2D eigenvalue weighted by molar-refractivity contribution is 0.819. The molecule has 5 heteroatoms. The molecular weight excluding hydrogens is 166 g/mol. The Hall–Kier alpha value is -1.78. The van der Waals surface area contributed by atoms with Gasteiger partial charge >= 0.3 is 0 Å². The van der Waals surface area contributed by atoms with Crippen LogP contribution in [0.3, 0.4) is 0 Å². The fraction of sp³-hybridized carbons (Fsp3) is 0.250. The maximum Gasteiger partial charge on any atom is 0.173 e. The Morgan fingerprint density at radius 2 is 2.23 bits per heavy atom. The number of aromatic nitrogens is 5. The summed E-state index contributed by atoms with van der Waals surface area (Å²) in [5.74, 6) is 0.705. The molecule has 2 aromatic heterocycles. The molecule has 13 heavy (non-hydrogen) atoms. The molecule has 2 heterocycles. The standard InChI is InChI=1S/C8H9N5/c1-2-7-3-9-4-8(12-7)13-6-10-5-11-13/h3-6H,2H2,1H3. The molecule has 0 unspecified atom stereocenters. The van der Waals surface area contributed by atoms with Crippen molar-refractivity contribution in [3.05, 3.63) is 30.7 Å². The summed E-state index contributed by atoms with van der Waals surface area (Å²) in [4.78, 5) is 12.2. The summed E-state index contributed by atoms with van der Waals surface area (Å²) in [6.07, 6.45) is 7.35. The van der Waals surface area contributed by atoms with Crippen LogP contribution < -0.4 is 0 Å². The first-order valence-corrected chi connectivity index (χ1v) is 4.06. The molecule has 66 valence electrons. The number of nitrogens with zero attached hydrogens (tertiary/aromatic N) is 5. The SMILES string of the molecule is CCc1cncc(-n2cncn2)n1. The van der Waals surface area contributed by atoms with Crippen LogP contribution in [0.5, 0.6) is 0 Å². The second kappa shape index (κ2) is 3.30. The lowest BCUT2D eigenvalue weighted by Crippen LogP contribution is -2.01. The van der Waals surface area contributed by atoms with Crippen molar-refractivity contribution < 1.29 is 0 Å². The van der Waals surface area contributed by atoms with Crippen molar-refractivity contribution in [3.63, 3.8) is 0 Å². The van der Waals surface area contributed by atoms with Gasteiger partial charge in [0.15, 0.2) is 5.82 Å². The molecule has 0 aliphatic carbocycles. The molecule has 0 radical (unpaired) electrons. The van der Waals surface area contributed by atoms with Crippen molar-refractivity contribution in [2.24, 2.45) is 0 Å². The minimum atomic E-state index is 0.705. The normalized spacial score (nSPS) is 10.2. The van der Waals surface area contributed by atoms with E-state index in [9.17, 15) is 0 Å². The molecule has 0 N–H and O–H groups in total. The molecule has 0 atom stereocenters. The van der Waals surface area contributed by atoms with E-state index in [0.29, 0.717) is 5.82 Å². The van der Waals surface area contributed by atoms with Crippen LogP contribution >= 0.6 is 0 Å². The predicted octanol–water partition coefficient (Wildman–Crippen LogP) is 0.620. The second-order valence-corrected chi connectivity index (χ2v) is 2.56. The first-order chi connectivity index (χ1) is 6.40. The van der Waals surface area contributed by atoms with Gasteiger partial charge in [-0.3, -0.25) is 4.98 Å². The second-order valence-electron chi connectivity index (χ2n) is 2.56. The van der Waals surface area contributed by atoms with Crippen molar-refractivity contribution in [3.8, 4) is 5.82 Å². The Bertz CT molecular complexity index is 381. The van der Waals surface area contributed by atoms with Gasteiger partial charge in [0, 0.05) is 6.20 Å². The van der Waals surface area contributed by atoms with Gasteiger partial charge in [0.2, 0.25) is 0 Å². The molecule has 0 saturated heterocycles. The summed E-state index contributed by atoms with van der Waals surface area (Å²) in [6.45, 7) is 2.04. The fourth-order valence-electron chi connectivity index (χ4n) is 1.00. The number of hydrogen-bond acceptors (Lipinski definition) is 4. The van der Waals surface area contributed by atoms with Crippen molar-refractivity contribution in [1.82, 2.24) is 24.7 Å². The molecule has 0 saturated carbocycles. The van der Waals surface area contributed by atoms with E-state index >= 15 is 0 Å². The lowest BCUT2D eigenvalue weighted by Gasteiger charge is -1.99. The van der Waals surface area contributed by atoms with E-state index in [0.717, 1.165) is 12.1 Å². The Kier molecular flexibility index (Phi) is 1.99. The van der Waals surface area contributed by atoms with E-state index in [2.05, 4.69) is 20.1 Å². The highest BCUT2D eigenvalue weighted by molar-refractivity contribution is 5.16. The van der Waals surface area contributed by atoms with E-state index in [-0.39, 0.29) is 0 Å². The quantitative estimate of drug-likeness (QED) is 0.671. The van der Waals surface area contributed by atoms with Crippen LogP contribution in [0.2, 0.25) is 0 Å². The summed E-state index contributed by atoms with van der Waals surface area (Å²) >= 11 is 0. The number of aryl methyl sites for hydroxylation is 1. The Labute approximate surface area is 75.5 Å². The zero-order chi connectivity index (χ0) is 9.10. The first kappa shape index (κ1) is 7.85. The number of rotatable bonds is 2. The highest BCUT2D eigenvalue weighted by Crippen LogP contribution is 2.00. The third-order valence-corrected chi connectivity index (χ3v) is 1.69. The maximum atomic E-state index is 4.33. The van der Waals surface area contributed by atoms with Gasteiger partial charge in [-0.15, -0.1) is 0 Å². The van der Waals surface area contributed by atoms with Crippen LogP contribution in [0.15, 0.2) is 25.0 Å². The molecule has 2 rings (SSSR count). The zero-order valence-electron chi connectivity index (χ0n) is 7.25. The predicted molar refractivity (Wildman–Crippen MR) is 46.3 cm³/mol. The minimum absolute atomic E-state index is 0.705. The van der Waals surface area contributed by atoms with E-state index in [4.69, 9.17) is 0 Å². The first-order valence-electron chi connectivity index (χ1n) is 4.06. The molecule has 0 fully saturated rings. The van der Waals surface area contributed by atoms with E-state index in [1.807, 2.05) is 6.92 Å². The van der Waals surface area contributed by atoms with Crippen LogP contribution in [0, 0.1) is 0 Å². The summed E-state index contributed by atoms with van der Waals surface area (Å²) in [5.41, 5.74) is 0.952. The zero-order valence-corrected chi connectivity index (χ0v) is 7.25. The Morgan fingerprint density at radius 3 is 2.92 bits per heavy atom. The van der Waals surface area contributed by atoms with Crippen LogP contribution in [0.25, 0.3) is 5.82 Å². The van der Waals surface area contributed by atoms with Crippen LogP contribution in [-0.2, 0) is 6.42 Å². The van der Waals surface area contributed by atoms with Crippen LogP contribution in [-0.4, -0.2) is 24.7 Å². The van der Waals surface area contributed by atoms with Crippen LogP contribution in [0.4, 0.5) is 0 Å². The van der Waals surface area contributed by atoms with Gasteiger partial charge in [0.05, 0.1) is 11.9 Å². The molecule has 5 nitrogen and oxygen atoms in total. The summed E-state index contributed by atoms with van der Waals surface area (Å²) in [7, 11) is 0. The van der Waals surface area contributed by atoms with Crippen molar-refractivity contribution in [2.45, 2.75) is 13.3 Å². The van der Waals surface area contributed by atoms with E-state index in [1.165, 1.54) is 6.33 Å². The van der Waals surface area contributed by atoms with Crippen LogP contribution in [0.1, 0.15) is 12.6 Å². The molecule has 0 amide bonds. The highest BCUT2D eigenvalue weighted by Gasteiger charge is 1.99. The van der Waals surface area contributed by atoms with Crippen molar-refractivity contribution in [1.29, 1.82) is 0 Å². The summed E-state index contributed by atoms with van der Waals surface area (Å²) < 4.78 is 1.59. The van der Waals surface area contributed by atoms with Gasteiger partial charge < -0.3 is 0 Å². The van der Waals surface area contributed by atoms with Gasteiger partial charge in [-0.2, -0.15) is 5.10 Å². The fourth-order valence-corrected chi connectivity index (χ4v) is 1.00. The number of hydrogen-bond donors (Lipinski definition) is 0. The largest absolute Gasteiger partial charge is 0.259 e. The summed E-state index contributed by atoms with van der Waals surface area (Å²) in [6, 6.07) is 0. The molecule has 0 aromatic carbocycles. The van der Waals surface area contributed by atoms with Gasteiger partial charge in [0.25, 0.3) is 0 Å². The lowest BCUT2D eigenvalue weighted by atomic mass is 10.3. The highest BCUT2D eigenvalue weighted by atomic mass is 15.3. The smallest absolute Gasteiger partial charge is 0.173 e. The van der Waals surface area contributed by atoms with E-state index in [1.54, 1.807) is 23.4 Å². The molecular formula is C8H9N5. The average molecular weight is 175 g/mol. The van der Waals surface area contributed by atoms with Crippen molar-refractivity contribution >= 4 is 0 Å². The maximum absolute atomic E-state index is 4.33. The topological polar surface area (TPSA) is 56.5 Å². The summed E-state index contributed by atoms with van der Waals surface area (Å²) in [5, 5.41) is 3.96. The average Bonchev–Trinajstić information content (AvgIpc) is 2.71. The monoisotopic (exact) mass is 175 g/mol. The Balaban J connectivity index is 2.41. The van der Waals surface area contributed by atoms with Gasteiger partial charge in [-0.25, -0.2) is 14.6 Å². The minimum Gasteiger partial charge on any atom is -0.259 e. The molecule has 0 bridgehead atoms. The van der Waals surface area contributed by atoms with Gasteiger partial charge in [0.1, 0.15) is 12.7 Å². The van der Waals surface area contributed by atoms with Gasteiger partial charge in [-0.1, -0.05) is 6.92 Å².